The third-order valence-electron chi connectivity index (χ3n) is 3.76. The first-order chi connectivity index (χ1) is 8.91. The van der Waals surface area contributed by atoms with Crippen LogP contribution in [0.4, 0.5) is 0 Å². The van der Waals surface area contributed by atoms with E-state index in [1.807, 2.05) is 26.2 Å². The molecule has 2 rings (SSSR count). The molecule has 0 saturated carbocycles. The molecule has 1 aromatic carbocycles. The van der Waals surface area contributed by atoms with Gasteiger partial charge in [-0.15, -0.1) is 0 Å². The molecule has 1 heterocycles. The van der Waals surface area contributed by atoms with Crippen molar-refractivity contribution in [3.8, 4) is 5.75 Å². The van der Waals surface area contributed by atoms with Crippen molar-refractivity contribution in [1.82, 2.24) is 9.80 Å². The lowest BCUT2D eigenvalue weighted by Gasteiger charge is -2.27. The molecule has 4 nitrogen and oxygen atoms in total. The fraction of sp³-hybridized carbons (Fsp3) is 0.533. The van der Waals surface area contributed by atoms with Crippen LogP contribution in [-0.4, -0.2) is 41.0 Å². The van der Waals surface area contributed by atoms with Gasteiger partial charge in [-0.1, -0.05) is 26.0 Å². The summed E-state index contributed by atoms with van der Waals surface area (Å²) in [6, 6.07) is 7.02. The Labute approximate surface area is 114 Å². The van der Waals surface area contributed by atoms with Gasteiger partial charge < -0.3 is 10.0 Å². The van der Waals surface area contributed by atoms with Gasteiger partial charge in [0.25, 0.3) is 0 Å². The molecule has 0 bridgehead atoms. The Morgan fingerprint density at radius 1 is 1.21 bits per heavy atom. The maximum absolute atomic E-state index is 12.3. The van der Waals surface area contributed by atoms with Crippen LogP contribution in [0.3, 0.4) is 0 Å². The summed E-state index contributed by atoms with van der Waals surface area (Å²) >= 11 is 0. The van der Waals surface area contributed by atoms with Crippen LogP contribution in [0.2, 0.25) is 0 Å². The first-order valence-electron chi connectivity index (χ1n) is 6.69. The van der Waals surface area contributed by atoms with Gasteiger partial charge in [0.2, 0.25) is 5.91 Å². The molecule has 1 N–H and O–H groups in total. The molecule has 19 heavy (non-hydrogen) atoms. The average Bonchev–Trinajstić information content (AvgIpc) is 2.55. The molecule has 104 valence electrons. The molecule has 0 spiro atoms. The standard InChI is InChI=1S/C15H22N2O2/c1-10(2)9-13-15(19)17(4)14(16(13)3)11-5-7-12(18)8-6-11/h5-8,10,13-14,18H,9H2,1-4H3. The molecule has 0 radical (unpaired) electrons. The van der Waals surface area contributed by atoms with E-state index in [1.54, 1.807) is 17.0 Å². The minimum Gasteiger partial charge on any atom is -0.508 e. The van der Waals surface area contributed by atoms with Gasteiger partial charge in [0.15, 0.2) is 0 Å². The number of phenolic OH excluding ortho intramolecular Hbond substituents is 1. The minimum absolute atomic E-state index is 0.0446. The Bertz CT molecular complexity index is 456. The number of aromatic hydroxyl groups is 1. The van der Waals surface area contributed by atoms with Gasteiger partial charge in [0, 0.05) is 7.05 Å². The normalized spacial score (nSPS) is 24.5. The molecule has 1 amide bonds. The van der Waals surface area contributed by atoms with Crippen molar-refractivity contribution in [2.75, 3.05) is 14.1 Å². The van der Waals surface area contributed by atoms with Crippen molar-refractivity contribution in [1.29, 1.82) is 0 Å². The summed E-state index contributed by atoms with van der Waals surface area (Å²) in [5.41, 5.74) is 1.03. The van der Waals surface area contributed by atoms with Crippen molar-refractivity contribution in [3.05, 3.63) is 29.8 Å². The van der Waals surface area contributed by atoms with Crippen LogP contribution >= 0.6 is 0 Å². The number of phenols is 1. The number of carbonyl (C=O) groups is 1. The minimum atomic E-state index is -0.0520. The molecule has 2 atom stereocenters. The quantitative estimate of drug-likeness (QED) is 0.908. The topological polar surface area (TPSA) is 43.8 Å². The van der Waals surface area contributed by atoms with E-state index in [-0.39, 0.29) is 23.9 Å². The highest BCUT2D eigenvalue weighted by Crippen LogP contribution is 2.34. The molecule has 1 aliphatic heterocycles. The van der Waals surface area contributed by atoms with E-state index < -0.39 is 0 Å². The van der Waals surface area contributed by atoms with E-state index in [0.717, 1.165) is 12.0 Å². The van der Waals surface area contributed by atoms with E-state index in [2.05, 4.69) is 18.7 Å². The second kappa shape index (κ2) is 5.21. The van der Waals surface area contributed by atoms with Crippen molar-refractivity contribution >= 4 is 5.91 Å². The molecular weight excluding hydrogens is 240 g/mol. The first kappa shape index (κ1) is 13.9. The third kappa shape index (κ3) is 2.59. The Balaban J connectivity index is 2.26. The Morgan fingerprint density at radius 3 is 2.32 bits per heavy atom. The summed E-state index contributed by atoms with van der Waals surface area (Å²) < 4.78 is 0. The third-order valence-corrected chi connectivity index (χ3v) is 3.76. The van der Waals surface area contributed by atoms with Crippen molar-refractivity contribution < 1.29 is 9.90 Å². The van der Waals surface area contributed by atoms with E-state index in [0.29, 0.717) is 5.92 Å². The lowest BCUT2D eigenvalue weighted by atomic mass is 10.0. The largest absolute Gasteiger partial charge is 0.508 e. The second-order valence-electron chi connectivity index (χ2n) is 5.73. The number of carbonyl (C=O) groups excluding carboxylic acids is 1. The van der Waals surface area contributed by atoms with Crippen LogP contribution in [0.5, 0.6) is 5.75 Å². The summed E-state index contributed by atoms with van der Waals surface area (Å²) in [5.74, 6) is 0.912. The predicted molar refractivity (Wildman–Crippen MR) is 74.6 cm³/mol. The summed E-state index contributed by atoms with van der Waals surface area (Å²) in [5, 5.41) is 9.36. The van der Waals surface area contributed by atoms with Crippen LogP contribution in [0.15, 0.2) is 24.3 Å². The predicted octanol–water partition coefficient (Wildman–Crippen LogP) is 2.21. The van der Waals surface area contributed by atoms with E-state index in [4.69, 9.17) is 0 Å². The van der Waals surface area contributed by atoms with Crippen molar-refractivity contribution in [3.63, 3.8) is 0 Å². The summed E-state index contributed by atoms with van der Waals surface area (Å²) in [4.78, 5) is 16.2. The molecule has 1 fully saturated rings. The molecule has 0 aliphatic carbocycles. The maximum atomic E-state index is 12.3. The van der Waals surface area contributed by atoms with E-state index in [9.17, 15) is 9.90 Å². The first-order valence-corrected chi connectivity index (χ1v) is 6.69. The zero-order chi connectivity index (χ0) is 14.2. The lowest BCUT2D eigenvalue weighted by molar-refractivity contribution is -0.129. The van der Waals surface area contributed by atoms with Crippen LogP contribution in [0.25, 0.3) is 0 Å². The number of rotatable bonds is 3. The number of amides is 1. The number of benzene rings is 1. The van der Waals surface area contributed by atoms with E-state index in [1.165, 1.54) is 0 Å². The van der Waals surface area contributed by atoms with Crippen molar-refractivity contribution in [2.45, 2.75) is 32.5 Å². The Kier molecular flexibility index (Phi) is 3.80. The SMILES string of the molecule is CC(C)CC1C(=O)N(C)C(c2ccc(O)cc2)N1C. The lowest BCUT2D eigenvalue weighted by Crippen LogP contribution is -2.32. The highest BCUT2D eigenvalue weighted by Gasteiger charge is 2.42. The fourth-order valence-corrected chi connectivity index (χ4v) is 2.79. The monoisotopic (exact) mass is 262 g/mol. The van der Waals surface area contributed by atoms with Gasteiger partial charge in [-0.2, -0.15) is 0 Å². The smallest absolute Gasteiger partial charge is 0.241 e. The highest BCUT2D eigenvalue weighted by atomic mass is 16.3. The summed E-state index contributed by atoms with van der Waals surface area (Å²) in [6.07, 6.45) is 0.825. The summed E-state index contributed by atoms with van der Waals surface area (Å²) in [6.45, 7) is 4.27. The fourth-order valence-electron chi connectivity index (χ4n) is 2.79. The summed E-state index contributed by atoms with van der Waals surface area (Å²) in [7, 11) is 3.84. The maximum Gasteiger partial charge on any atom is 0.241 e. The zero-order valence-electron chi connectivity index (χ0n) is 12.0. The molecule has 0 aromatic heterocycles. The van der Waals surface area contributed by atoms with Crippen LogP contribution in [-0.2, 0) is 4.79 Å². The van der Waals surface area contributed by atoms with Gasteiger partial charge in [-0.05, 0) is 37.1 Å². The molecule has 4 heteroatoms. The van der Waals surface area contributed by atoms with Gasteiger partial charge in [-0.25, -0.2) is 0 Å². The molecule has 1 aromatic rings. The number of nitrogens with zero attached hydrogens (tertiary/aromatic N) is 2. The van der Waals surface area contributed by atoms with Gasteiger partial charge >= 0.3 is 0 Å². The average molecular weight is 262 g/mol. The van der Waals surface area contributed by atoms with Gasteiger partial charge in [0.05, 0.1) is 6.04 Å². The van der Waals surface area contributed by atoms with E-state index >= 15 is 0 Å². The number of hydrogen-bond acceptors (Lipinski definition) is 3. The molecule has 1 saturated heterocycles. The van der Waals surface area contributed by atoms with Gasteiger partial charge in [-0.3, -0.25) is 9.69 Å². The molecule has 2 unspecified atom stereocenters. The Hall–Kier alpha value is -1.55. The van der Waals surface area contributed by atoms with Crippen LogP contribution in [0, 0.1) is 5.92 Å². The molecular formula is C15H22N2O2. The number of hydrogen-bond donors (Lipinski definition) is 1. The second-order valence-corrected chi connectivity index (χ2v) is 5.73. The molecule has 1 aliphatic rings. The highest BCUT2D eigenvalue weighted by molar-refractivity contribution is 5.84. The van der Waals surface area contributed by atoms with Crippen LogP contribution in [0.1, 0.15) is 32.0 Å². The number of likely N-dealkylation sites (N-methyl/N-ethyl adjacent to an activating group) is 2. The van der Waals surface area contributed by atoms with Gasteiger partial charge in [0.1, 0.15) is 11.9 Å². The van der Waals surface area contributed by atoms with Crippen molar-refractivity contribution in [2.24, 2.45) is 5.92 Å². The van der Waals surface area contributed by atoms with Crippen LogP contribution < -0.4 is 0 Å². The zero-order valence-corrected chi connectivity index (χ0v) is 12.0. The Morgan fingerprint density at radius 2 is 1.79 bits per heavy atom.